The maximum Gasteiger partial charge on any atom is 0.303 e. The molecule has 2 aliphatic carbocycles. The Morgan fingerprint density at radius 3 is 2.12 bits per heavy atom. The normalized spacial score (nSPS) is 26.7. The molecule has 5 rings (SSSR count). The van der Waals surface area contributed by atoms with Crippen LogP contribution in [0.2, 0.25) is 0 Å². The van der Waals surface area contributed by atoms with Crippen molar-refractivity contribution in [3.05, 3.63) is 35.4 Å². The van der Waals surface area contributed by atoms with Gasteiger partial charge in [-0.3, -0.25) is 4.79 Å². The molecule has 2 aliphatic heterocycles. The number of hydrogen-bond donors (Lipinski definition) is 2. The minimum absolute atomic E-state index is 0.0806. The summed E-state index contributed by atoms with van der Waals surface area (Å²) in [5.74, 6) is 1.44. The van der Waals surface area contributed by atoms with Crippen LogP contribution in [0.5, 0.6) is 11.5 Å². The van der Waals surface area contributed by atoms with Crippen molar-refractivity contribution in [2.24, 2.45) is 5.92 Å². The first-order chi connectivity index (χ1) is 20.4. The van der Waals surface area contributed by atoms with Gasteiger partial charge in [0.1, 0.15) is 12.2 Å². The summed E-state index contributed by atoms with van der Waals surface area (Å²) in [6.45, 7) is 3.32. The zero-order valence-electron chi connectivity index (χ0n) is 26.6. The zero-order chi connectivity index (χ0) is 30.0. The first-order valence-electron chi connectivity index (χ1n) is 17.1. The molecule has 6 nitrogen and oxygen atoms in total. The van der Waals surface area contributed by atoms with Crippen LogP contribution in [0.25, 0.3) is 0 Å². The molecule has 2 heterocycles. The standard InChI is InChI=1S/C18H21NO3.C18H36O2/c1-19-8-7-18-11-4-5-13(20)17(18)22-16-14(21-2)6-3-10(15(16)18)9-12(11)19;1-2-3-4-5-6-7-8-9-10-11-12-13-14-15-16-17-18(19)20/h3-6,11-13,17,20H,7-9H2,1-2H3;2-17H2,1H3,(H,19,20)/t11-,12+,13-,17-,18-;/m0./s1. The molecule has 0 saturated carbocycles. The van der Waals surface area contributed by atoms with Crippen molar-refractivity contribution >= 4 is 5.97 Å². The maximum atomic E-state index is 10.6. The number of aliphatic hydroxyl groups excluding tert-OH is 1. The summed E-state index contributed by atoms with van der Waals surface area (Å²) >= 11 is 0. The topological polar surface area (TPSA) is 79.2 Å². The first kappa shape index (κ1) is 32.9. The lowest BCUT2D eigenvalue weighted by Gasteiger charge is -2.56. The van der Waals surface area contributed by atoms with E-state index in [1.54, 1.807) is 7.11 Å². The second-order valence-electron chi connectivity index (χ2n) is 13.2. The van der Waals surface area contributed by atoms with E-state index in [0.717, 1.165) is 43.7 Å². The second kappa shape index (κ2) is 16.1. The molecule has 1 fully saturated rings. The van der Waals surface area contributed by atoms with E-state index < -0.39 is 12.1 Å². The number of benzene rings is 1. The number of hydrogen-bond acceptors (Lipinski definition) is 5. The Morgan fingerprint density at radius 1 is 0.952 bits per heavy atom. The minimum atomic E-state index is -0.653. The highest BCUT2D eigenvalue weighted by Gasteiger charge is 2.64. The van der Waals surface area contributed by atoms with Crippen LogP contribution in [0.3, 0.4) is 0 Å². The second-order valence-corrected chi connectivity index (χ2v) is 13.2. The number of piperidine rings is 1. The number of unbranched alkanes of at least 4 members (excludes halogenated alkanes) is 14. The van der Waals surface area contributed by atoms with Gasteiger partial charge in [0, 0.05) is 29.4 Å². The number of carboxylic acids is 1. The SMILES string of the molecule is CCCCCCCCCCCCCCCCCC(=O)O.COc1ccc2c3c1O[C@H]1[C@@H](O)C=C[C@H]4[C@@H](C2)N(C)CC[C@@]341. The van der Waals surface area contributed by atoms with Gasteiger partial charge in [0.2, 0.25) is 0 Å². The van der Waals surface area contributed by atoms with Crippen molar-refractivity contribution in [2.75, 3.05) is 20.7 Å². The number of likely N-dealkylation sites (tertiary alicyclic amines) is 1. The largest absolute Gasteiger partial charge is 0.493 e. The fourth-order valence-corrected chi connectivity index (χ4v) is 8.04. The van der Waals surface area contributed by atoms with E-state index in [0.29, 0.717) is 18.4 Å². The van der Waals surface area contributed by atoms with Gasteiger partial charge in [-0.1, -0.05) is 115 Å². The molecule has 42 heavy (non-hydrogen) atoms. The Morgan fingerprint density at radius 2 is 1.55 bits per heavy atom. The van der Waals surface area contributed by atoms with Crippen molar-refractivity contribution in [1.29, 1.82) is 0 Å². The van der Waals surface area contributed by atoms with Gasteiger partial charge in [-0.2, -0.15) is 0 Å². The van der Waals surface area contributed by atoms with Gasteiger partial charge in [-0.05, 0) is 44.5 Å². The van der Waals surface area contributed by atoms with Gasteiger partial charge in [0.15, 0.2) is 11.5 Å². The first-order valence-corrected chi connectivity index (χ1v) is 17.1. The molecule has 1 spiro atoms. The Hall–Kier alpha value is -2.05. The summed E-state index contributed by atoms with van der Waals surface area (Å²) in [4.78, 5) is 12.8. The predicted octanol–water partition coefficient (Wildman–Crippen LogP) is 7.83. The van der Waals surface area contributed by atoms with Crippen molar-refractivity contribution in [3.63, 3.8) is 0 Å². The third-order valence-corrected chi connectivity index (χ3v) is 10.3. The predicted molar refractivity (Wildman–Crippen MR) is 170 cm³/mol. The minimum Gasteiger partial charge on any atom is -0.493 e. The average molecular weight is 584 g/mol. The summed E-state index contributed by atoms with van der Waals surface area (Å²) in [6, 6.07) is 4.70. The van der Waals surface area contributed by atoms with Crippen molar-refractivity contribution in [3.8, 4) is 11.5 Å². The summed E-state index contributed by atoms with van der Waals surface area (Å²) in [7, 11) is 3.91. The molecule has 0 radical (unpaired) electrons. The molecule has 2 N–H and O–H groups in total. The number of nitrogens with zero attached hydrogens (tertiary/aromatic N) is 1. The van der Waals surface area contributed by atoms with E-state index in [2.05, 4.69) is 31.0 Å². The van der Waals surface area contributed by atoms with Gasteiger partial charge in [-0.25, -0.2) is 0 Å². The molecule has 6 heteroatoms. The third kappa shape index (κ3) is 7.53. The molecule has 5 atom stereocenters. The van der Waals surface area contributed by atoms with Gasteiger partial charge in [0.05, 0.1) is 7.11 Å². The van der Waals surface area contributed by atoms with Crippen LogP contribution in [0.15, 0.2) is 24.3 Å². The fourth-order valence-electron chi connectivity index (χ4n) is 8.04. The summed E-state index contributed by atoms with van der Waals surface area (Å²) < 4.78 is 11.8. The number of carboxylic acid groups (broad SMARTS) is 1. The third-order valence-electron chi connectivity index (χ3n) is 10.3. The van der Waals surface area contributed by atoms with Gasteiger partial charge < -0.3 is 24.6 Å². The molecule has 0 amide bonds. The van der Waals surface area contributed by atoms with Gasteiger partial charge in [-0.15, -0.1) is 0 Å². The molecule has 4 aliphatic rings. The molecular weight excluding hydrogens is 526 g/mol. The molecular formula is C36H57NO5. The van der Waals surface area contributed by atoms with Crippen LogP contribution in [0.1, 0.15) is 127 Å². The van der Waals surface area contributed by atoms with Crippen LogP contribution < -0.4 is 9.47 Å². The monoisotopic (exact) mass is 583 g/mol. The molecule has 2 bridgehead atoms. The molecule has 1 aromatic rings. The van der Waals surface area contributed by atoms with E-state index in [1.165, 1.54) is 94.6 Å². The molecule has 0 aromatic heterocycles. The van der Waals surface area contributed by atoms with E-state index in [-0.39, 0.29) is 11.5 Å². The average Bonchev–Trinajstić information content (AvgIpc) is 3.34. The van der Waals surface area contributed by atoms with E-state index in [4.69, 9.17) is 14.6 Å². The van der Waals surface area contributed by atoms with Crippen LogP contribution in [-0.2, 0) is 16.6 Å². The summed E-state index contributed by atoms with van der Waals surface area (Å²) in [5, 5.41) is 19.1. The Balaban J connectivity index is 0.000000195. The highest BCUT2D eigenvalue weighted by molar-refractivity contribution is 5.66. The van der Waals surface area contributed by atoms with Crippen molar-refractivity contribution in [2.45, 2.75) is 146 Å². The summed E-state index contributed by atoms with van der Waals surface area (Å²) in [6.07, 6.45) is 25.7. The van der Waals surface area contributed by atoms with E-state index >= 15 is 0 Å². The number of ether oxygens (including phenoxy) is 2. The number of aliphatic carboxylic acids is 1. The highest BCUT2D eigenvalue weighted by Crippen LogP contribution is 2.62. The van der Waals surface area contributed by atoms with E-state index in [9.17, 15) is 9.90 Å². The molecule has 1 saturated heterocycles. The summed E-state index contributed by atoms with van der Waals surface area (Å²) in [5.41, 5.74) is 2.60. The smallest absolute Gasteiger partial charge is 0.303 e. The van der Waals surface area contributed by atoms with E-state index in [1.807, 2.05) is 12.1 Å². The molecule has 0 unspecified atom stereocenters. The molecule has 236 valence electrons. The zero-order valence-corrected chi connectivity index (χ0v) is 26.6. The lowest BCUT2D eigenvalue weighted by molar-refractivity contribution is -0.137. The molecule has 1 aromatic carbocycles. The number of carbonyl (C=O) groups is 1. The fraction of sp³-hybridized carbons (Fsp3) is 0.750. The van der Waals surface area contributed by atoms with Crippen molar-refractivity contribution < 1.29 is 24.5 Å². The van der Waals surface area contributed by atoms with Gasteiger partial charge >= 0.3 is 5.97 Å². The van der Waals surface area contributed by atoms with Crippen LogP contribution >= 0.6 is 0 Å². The maximum absolute atomic E-state index is 10.6. The Bertz CT molecular complexity index is 1020. The van der Waals surface area contributed by atoms with Crippen molar-refractivity contribution in [1.82, 2.24) is 4.90 Å². The van der Waals surface area contributed by atoms with Crippen LogP contribution in [0.4, 0.5) is 0 Å². The number of rotatable bonds is 17. The number of methoxy groups -OCH3 is 1. The number of aliphatic hydroxyl groups is 1. The highest BCUT2D eigenvalue weighted by atomic mass is 16.5. The quantitative estimate of drug-likeness (QED) is 0.144. The van der Waals surface area contributed by atoms with Gasteiger partial charge in [0.25, 0.3) is 0 Å². The Kier molecular flexibility index (Phi) is 12.6. The lowest BCUT2D eigenvalue weighted by Crippen LogP contribution is -2.64. The Labute approximate surface area is 254 Å². The van der Waals surface area contributed by atoms with Crippen LogP contribution in [-0.4, -0.2) is 60.0 Å². The van der Waals surface area contributed by atoms with Crippen LogP contribution in [0, 0.1) is 5.92 Å². The lowest BCUT2D eigenvalue weighted by atomic mass is 9.53. The number of likely N-dealkylation sites (N-methyl/N-ethyl adjacent to an activating group) is 1.